The fraction of sp³-hybridized carbons (Fsp3) is 0.600. The summed E-state index contributed by atoms with van der Waals surface area (Å²) in [6.07, 6.45) is 2.78. The first kappa shape index (κ1) is 10.8. The highest BCUT2D eigenvalue weighted by Gasteiger charge is 2.14. The van der Waals surface area contributed by atoms with Gasteiger partial charge in [0.05, 0.1) is 0 Å². The number of hydrogen-bond acceptors (Lipinski definition) is 4. The summed E-state index contributed by atoms with van der Waals surface area (Å²) in [6, 6.07) is 1.82. The Bertz CT molecular complexity index is 296. The molecular weight excluding hydrogens is 176 g/mol. The Morgan fingerprint density at radius 2 is 2.21 bits per heavy atom. The van der Waals surface area contributed by atoms with Gasteiger partial charge in [-0.25, -0.2) is 4.98 Å². The third-order valence-corrected chi connectivity index (χ3v) is 2.38. The van der Waals surface area contributed by atoms with Crippen LogP contribution in [0.4, 0.5) is 11.8 Å². The van der Waals surface area contributed by atoms with Gasteiger partial charge in [-0.05, 0) is 17.9 Å². The maximum absolute atomic E-state index is 5.47. The van der Waals surface area contributed by atoms with Gasteiger partial charge in [-0.1, -0.05) is 20.8 Å². The number of aromatic nitrogens is 2. The number of anilines is 2. The zero-order valence-corrected chi connectivity index (χ0v) is 9.04. The summed E-state index contributed by atoms with van der Waals surface area (Å²) in [5.41, 5.74) is 5.75. The highest BCUT2D eigenvalue weighted by atomic mass is 15.1. The minimum Gasteiger partial charge on any atom is -0.369 e. The lowest BCUT2D eigenvalue weighted by atomic mass is 9.90. The molecule has 4 heteroatoms. The number of hydrogen-bond donors (Lipinski definition) is 2. The summed E-state index contributed by atoms with van der Waals surface area (Å²) in [5, 5.41) is 3.25. The summed E-state index contributed by atoms with van der Waals surface area (Å²) in [4.78, 5) is 7.90. The minimum absolute atomic E-state index is 0.277. The van der Waals surface area contributed by atoms with Crippen LogP contribution in [-0.2, 0) is 0 Å². The highest BCUT2D eigenvalue weighted by Crippen LogP contribution is 2.19. The molecule has 14 heavy (non-hydrogen) atoms. The average Bonchev–Trinajstić information content (AvgIpc) is 2.15. The minimum atomic E-state index is 0.277. The molecule has 1 heterocycles. The van der Waals surface area contributed by atoms with Crippen LogP contribution in [0.3, 0.4) is 0 Å². The molecule has 4 nitrogen and oxygen atoms in total. The summed E-state index contributed by atoms with van der Waals surface area (Å²) in [7, 11) is 0. The van der Waals surface area contributed by atoms with Gasteiger partial charge in [-0.3, -0.25) is 0 Å². The van der Waals surface area contributed by atoms with E-state index in [0.29, 0.717) is 5.95 Å². The lowest BCUT2D eigenvalue weighted by molar-refractivity contribution is 0.376. The number of rotatable bonds is 4. The second kappa shape index (κ2) is 4.26. The Hall–Kier alpha value is -1.32. The van der Waals surface area contributed by atoms with Gasteiger partial charge in [0.2, 0.25) is 5.95 Å². The van der Waals surface area contributed by atoms with Crippen molar-refractivity contribution in [1.29, 1.82) is 0 Å². The molecule has 0 radical (unpaired) electrons. The van der Waals surface area contributed by atoms with E-state index in [-0.39, 0.29) is 5.41 Å². The lowest BCUT2D eigenvalue weighted by Gasteiger charge is -2.23. The van der Waals surface area contributed by atoms with Gasteiger partial charge < -0.3 is 11.1 Å². The monoisotopic (exact) mass is 194 g/mol. The molecule has 0 unspecified atom stereocenters. The second-order valence-electron chi connectivity index (χ2n) is 4.17. The normalized spacial score (nSPS) is 11.4. The SMILES string of the molecule is CCC(C)(C)CNc1ccnc(N)n1. The summed E-state index contributed by atoms with van der Waals surface area (Å²) >= 11 is 0. The molecule has 0 atom stereocenters. The molecule has 3 N–H and O–H groups in total. The fourth-order valence-electron chi connectivity index (χ4n) is 0.927. The van der Waals surface area contributed by atoms with Crippen molar-refractivity contribution in [2.75, 3.05) is 17.6 Å². The molecule has 1 aromatic heterocycles. The topological polar surface area (TPSA) is 63.8 Å². The molecule has 0 bridgehead atoms. The lowest BCUT2D eigenvalue weighted by Crippen LogP contribution is -2.22. The van der Waals surface area contributed by atoms with Crippen LogP contribution in [0, 0.1) is 5.41 Å². The van der Waals surface area contributed by atoms with E-state index in [1.807, 2.05) is 6.07 Å². The molecule has 0 aliphatic heterocycles. The Balaban J connectivity index is 2.54. The van der Waals surface area contributed by atoms with Crippen LogP contribution in [0.1, 0.15) is 27.2 Å². The van der Waals surface area contributed by atoms with Crippen molar-refractivity contribution in [3.05, 3.63) is 12.3 Å². The molecule has 1 rings (SSSR count). The molecule has 1 aromatic rings. The van der Waals surface area contributed by atoms with Crippen LogP contribution >= 0.6 is 0 Å². The molecule has 0 aliphatic rings. The molecular formula is C10H18N4. The van der Waals surface area contributed by atoms with E-state index >= 15 is 0 Å². The smallest absolute Gasteiger partial charge is 0.221 e. The van der Waals surface area contributed by atoms with Gasteiger partial charge >= 0.3 is 0 Å². The van der Waals surface area contributed by atoms with Crippen LogP contribution in [0.15, 0.2) is 12.3 Å². The number of nitrogens with zero attached hydrogens (tertiary/aromatic N) is 2. The summed E-state index contributed by atoms with van der Waals surface area (Å²) in [6.45, 7) is 7.49. The Labute approximate surface area is 85.0 Å². The van der Waals surface area contributed by atoms with E-state index in [1.54, 1.807) is 6.20 Å². The largest absolute Gasteiger partial charge is 0.369 e. The molecule has 0 aliphatic carbocycles. The van der Waals surface area contributed by atoms with E-state index in [4.69, 9.17) is 5.73 Å². The third kappa shape index (κ3) is 3.20. The molecule has 0 spiro atoms. The molecule has 78 valence electrons. The van der Waals surface area contributed by atoms with Crippen molar-refractivity contribution >= 4 is 11.8 Å². The standard InChI is InChI=1S/C10H18N4/c1-4-10(2,3)7-13-8-5-6-12-9(11)14-8/h5-6H,4,7H2,1-3H3,(H3,11,12,13,14). The molecule has 0 amide bonds. The third-order valence-electron chi connectivity index (χ3n) is 2.38. The van der Waals surface area contributed by atoms with Gasteiger partial charge in [-0.2, -0.15) is 4.98 Å². The van der Waals surface area contributed by atoms with Crippen LogP contribution in [0.25, 0.3) is 0 Å². The number of nitrogens with one attached hydrogen (secondary N) is 1. The highest BCUT2D eigenvalue weighted by molar-refractivity contribution is 5.37. The van der Waals surface area contributed by atoms with Gasteiger partial charge in [-0.15, -0.1) is 0 Å². The van der Waals surface area contributed by atoms with Crippen molar-refractivity contribution in [1.82, 2.24) is 9.97 Å². The maximum atomic E-state index is 5.47. The first-order chi connectivity index (χ1) is 6.53. The quantitative estimate of drug-likeness (QED) is 0.768. The molecule has 0 fully saturated rings. The zero-order valence-electron chi connectivity index (χ0n) is 9.04. The van der Waals surface area contributed by atoms with E-state index in [9.17, 15) is 0 Å². The Morgan fingerprint density at radius 3 is 2.79 bits per heavy atom. The van der Waals surface area contributed by atoms with Crippen LogP contribution in [0.2, 0.25) is 0 Å². The van der Waals surface area contributed by atoms with Gasteiger partial charge in [0.15, 0.2) is 0 Å². The van der Waals surface area contributed by atoms with Crippen molar-refractivity contribution in [3.8, 4) is 0 Å². The van der Waals surface area contributed by atoms with Crippen molar-refractivity contribution in [2.45, 2.75) is 27.2 Å². The number of nitrogen functional groups attached to an aromatic ring is 1. The van der Waals surface area contributed by atoms with E-state index in [2.05, 4.69) is 36.1 Å². The second-order valence-corrected chi connectivity index (χ2v) is 4.17. The zero-order chi connectivity index (χ0) is 10.6. The number of nitrogens with two attached hydrogens (primary N) is 1. The maximum Gasteiger partial charge on any atom is 0.221 e. The average molecular weight is 194 g/mol. The van der Waals surface area contributed by atoms with E-state index < -0.39 is 0 Å². The Kier molecular flexibility index (Phi) is 3.28. The summed E-state index contributed by atoms with van der Waals surface area (Å²) in [5.74, 6) is 1.10. The predicted molar refractivity (Wildman–Crippen MR) is 59.0 cm³/mol. The van der Waals surface area contributed by atoms with Crippen molar-refractivity contribution < 1.29 is 0 Å². The first-order valence-corrected chi connectivity index (χ1v) is 4.86. The Morgan fingerprint density at radius 1 is 1.50 bits per heavy atom. The molecule has 0 saturated carbocycles. The van der Waals surface area contributed by atoms with Crippen LogP contribution < -0.4 is 11.1 Å². The van der Waals surface area contributed by atoms with E-state index in [0.717, 1.165) is 18.8 Å². The molecule has 0 saturated heterocycles. The van der Waals surface area contributed by atoms with Gasteiger partial charge in [0.25, 0.3) is 0 Å². The fourth-order valence-corrected chi connectivity index (χ4v) is 0.927. The van der Waals surface area contributed by atoms with Gasteiger partial charge in [0.1, 0.15) is 5.82 Å². The van der Waals surface area contributed by atoms with Crippen LogP contribution in [0.5, 0.6) is 0 Å². The van der Waals surface area contributed by atoms with Crippen LogP contribution in [-0.4, -0.2) is 16.5 Å². The first-order valence-electron chi connectivity index (χ1n) is 4.86. The molecule has 0 aromatic carbocycles. The van der Waals surface area contributed by atoms with Crippen molar-refractivity contribution in [2.24, 2.45) is 5.41 Å². The van der Waals surface area contributed by atoms with E-state index in [1.165, 1.54) is 0 Å². The predicted octanol–water partition coefficient (Wildman–Crippen LogP) is 1.91. The van der Waals surface area contributed by atoms with Gasteiger partial charge in [0, 0.05) is 12.7 Å². The summed E-state index contributed by atoms with van der Waals surface area (Å²) < 4.78 is 0. The van der Waals surface area contributed by atoms with Crippen molar-refractivity contribution in [3.63, 3.8) is 0 Å².